The molecule has 7 nitrogen and oxygen atoms in total. The Morgan fingerprint density at radius 3 is 2.72 bits per heavy atom. The van der Waals surface area contributed by atoms with Crippen LogP contribution in [0.25, 0.3) is 16.9 Å². The van der Waals surface area contributed by atoms with Crippen molar-refractivity contribution in [1.29, 1.82) is 0 Å². The van der Waals surface area contributed by atoms with E-state index in [-0.39, 0.29) is 11.2 Å². The Morgan fingerprint density at radius 1 is 1.12 bits per heavy atom. The van der Waals surface area contributed by atoms with Gasteiger partial charge in [0.15, 0.2) is 5.65 Å². The van der Waals surface area contributed by atoms with E-state index in [1.807, 2.05) is 18.3 Å². The molecule has 0 saturated carbocycles. The van der Waals surface area contributed by atoms with Gasteiger partial charge in [-0.15, -0.1) is 0 Å². The molecule has 2 atom stereocenters. The van der Waals surface area contributed by atoms with Crippen molar-refractivity contribution in [2.24, 2.45) is 0 Å². The number of phenols is 1. The van der Waals surface area contributed by atoms with Gasteiger partial charge in [-0.1, -0.05) is 20.8 Å². The molecule has 0 spiro atoms. The van der Waals surface area contributed by atoms with E-state index in [1.165, 1.54) is 23.2 Å². The molecule has 6 rings (SSSR count). The molecule has 2 N–H and O–H groups in total. The number of aromatic amines is 1. The van der Waals surface area contributed by atoms with E-state index in [2.05, 4.69) is 52.6 Å². The van der Waals surface area contributed by atoms with Crippen molar-refractivity contribution in [2.45, 2.75) is 64.1 Å². The number of nitrogens with zero attached hydrogens (tertiary/aromatic N) is 5. The first-order valence-corrected chi connectivity index (χ1v) is 11.3. The van der Waals surface area contributed by atoms with Crippen LogP contribution in [0, 0.1) is 0 Å². The quantitative estimate of drug-likeness (QED) is 0.506. The minimum Gasteiger partial charge on any atom is -0.508 e. The maximum Gasteiger partial charge on any atom is 0.155 e. The molecule has 0 amide bonds. The molecular formula is C25H28N6O. The highest BCUT2D eigenvalue weighted by Crippen LogP contribution is 2.45. The Morgan fingerprint density at radius 2 is 1.94 bits per heavy atom. The van der Waals surface area contributed by atoms with E-state index < -0.39 is 0 Å². The average Bonchev–Trinajstić information content (AvgIpc) is 3.46. The summed E-state index contributed by atoms with van der Waals surface area (Å²) in [5.74, 6) is 0.271. The molecule has 0 aliphatic carbocycles. The fourth-order valence-electron chi connectivity index (χ4n) is 5.30. The Hall–Kier alpha value is -3.19. The summed E-state index contributed by atoms with van der Waals surface area (Å²) in [5, 5.41) is 22.1. The van der Waals surface area contributed by atoms with E-state index in [0.717, 1.165) is 42.0 Å². The number of nitrogens with one attached hydrogen (secondary N) is 1. The van der Waals surface area contributed by atoms with Crippen molar-refractivity contribution >= 4 is 5.65 Å². The molecule has 5 heterocycles. The van der Waals surface area contributed by atoms with Gasteiger partial charge in [-0.05, 0) is 37.1 Å². The monoisotopic (exact) mass is 428 g/mol. The van der Waals surface area contributed by atoms with Crippen LogP contribution in [0.5, 0.6) is 5.75 Å². The van der Waals surface area contributed by atoms with Crippen molar-refractivity contribution < 1.29 is 5.11 Å². The van der Waals surface area contributed by atoms with Gasteiger partial charge in [0.2, 0.25) is 0 Å². The highest BCUT2D eigenvalue weighted by atomic mass is 16.3. The SMILES string of the molecule is CC(C)(C)c1cc2ncc3c(n2n1)CC1CCC3N1Cc1cn[nH]c1-c1ccc(O)cc1. The zero-order valence-electron chi connectivity index (χ0n) is 18.7. The summed E-state index contributed by atoms with van der Waals surface area (Å²) >= 11 is 0. The molecule has 7 heteroatoms. The van der Waals surface area contributed by atoms with Gasteiger partial charge in [0.1, 0.15) is 5.75 Å². The Kier molecular flexibility index (Phi) is 4.21. The van der Waals surface area contributed by atoms with Gasteiger partial charge in [0, 0.05) is 59.4 Å². The molecular weight excluding hydrogens is 400 g/mol. The third-order valence-electron chi connectivity index (χ3n) is 7.04. The molecule has 2 unspecified atom stereocenters. The van der Waals surface area contributed by atoms with Crippen LogP contribution < -0.4 is 0 Å². The van der Waals surface area contributed by atoms with Crippen molar-refractivity contribution in [3.63, 3.8) is 0 Å². The van der Waals surface area contributed by atoms with Gasteiger partial charge in [-0.3, -0.25) is 10.00 Å². The molecule has 164 valence electrons. The molecule has 2 aliphatic heterocycles. The second kappa shape index (κ2) is 6.90. The number of aromatic nitrogens is 5. The molecule has 32 heavy (non-hydrogen) atoms. The lowest BCUT2D eigenvalue weighted by Gasteiger charge is -2.36. The summed E-state index contributed by atoms with van der Waals surface area (Å²) in [6.07, 6.45) is 7.32. The van der Waals surface area contributed by atoms with Crippen LogP contribution in [-0.4, -0.2) is 40.8 Å². The number of H-pyrrole nitrogens is 1. The maximum absolute atomic E-state index is 9.63. The van der Waals surface area contributed by atoms with Gasteiger partial charge in [0.25, 0.3) is 0 Å². The number of rotatable bonds is 3. The number of aromatic hydroxyl groups is 1. The lowest BCUT2D eigenvalue weighted by atomic mass is 9.93. The summed E-state index contributed by atoms with van der Waals surface area (Å²) in [5.41, 5.74) is 7.91. The smallest absolute Gasteiger partial charge is 0.155 e. The van der Waals surface area contributed by atoms with Gasteiger partial charge in [-0.25, -0.2) is 9.50 Å². The topological polar surface area (TPSA) is 82.3 Å². The fraction of sp³-hybridized carbons (Fsp3) is 0.400. The summed E-state index contributed by atoms with van der Waals surface area (Å²) in [6, 6.07) is 10.3. The number of hydrogen-bond acceptors (Lipinski definition) is 5. The minimum absolute atomic E-state index is 0.00613. The molecule has 4 aromatic rings. The third kappa shape index (κ3) is 3.03. The van der Waals surface area contributed by atoms with Gasteiger partial charge < -0.3 is 5.11 Å². The molecule has 2 bridgehead atoms. The van der Waals surface area contributed by atoms with Crippen molar-refractivity contribution in [1.82, 2.24) is 29.7 Å². The Labute approximate surface area is 187 Å². The second-order valence-corrected chi connectivity index (χ2v) is 10.2. The van der Waals surface area contributed by atoms with Crippen molar-refractivity contribution in [2.75, 3.05) is 0 Å². The zero-order valence-corrected chi connectivity index (χ0v) is 18.7. The first-order chi connectivity index (χ1) is 15.4. The third-order valence-corrected chi connectivity index (χ3v) is 7.04. The zero-order chi connectivity index (χ0) is 22.0. The van der Waals surface area contributed by atoms with Crippen molar-refractivity contribution in [3.8, 4) is 17.0 Å². The fourth-order valence-corrected chi connectivity index (χ4v) is 5.30. The van der Waals surface area contributed by atoms with Crippen molar-refractivity contribution in [3.05, 3.63) is 65.2 Å². The van der Waals surface area contributed by atoms with Crippen LogP contribution in [0.2, 0.25) is 0 Å². The summed E-state index contributed by atoms with van der Waals surface area (Å²) in [6.45, 7) is 7.43. The van der Waals surface area contributed by atoms with E-state index in [1.54, 1.807) is 12.1 Å². The van der Waals surface area contributed by atoms with E-state index in [4.69, 9.17) is 10.1 Å². The molecule has 0 radical (unpaired) electrons. The molecule has 3 aromatic heterocycles. The average molecular weight is 429 g/mol. The van der Waals surface area contributed by atoms with Crippen LogP contribution in [-0.2, 0) is 18.4 Å². The Bertz CT molecular complexity index is 1300. The Balaban J connectivity index is 1.34. The van der Waals surface area contributed by atoms with Gasteiger partial charge >= 0.3 is 0 Å². The highest BCUT2D eigenvalue weighted by molar-refractivity contribution is 5.63. The standard InChI is InChI=1S/C25H28N6O/c1-25(2,3)22-11-23-26-13-19-20-9-6-17(10-21(19)31(23)29-22)30(20)14-16-12-27-28-24(16)15-4-7-18(32)8-5-15/h4-5,7-8,11-13,17,20,32H,6,9-10,14H2,1-3H3,(H,27,28). The molecule has 2 aliphatic rings. The van der Waals surface area contributed by atoms with Crippen LogP contribution in [0.3, 0.4) is 0 Å². The number of phenolic OH excluding ortho intramolecular Hbond substituents is 1. The number of fused-ring (bicyclic) bond motifs is 6. The van der Waals surface area contributed by atoms with Crippen LogP contribution in [0.4, 0.5) is 0 Å². The lowest BCUT2D eigenvalue weighted by molar-refractivity contribution is 0.165. The molecule has 1 fully saturated rings. The number of benzene rings is 1. The van der Waals surface area contributed by atoms with Gasteiger partial charge in [0.05, 0.1) is 23.3 Å². The largest absolute Gasteiger partial charge is 0.508 e. The predicted octanol–water partition coefficient (Wildman–Crippen LogP) is 4.38. The van der Waals surface area contributed by atoms with Crippen LogP contribution in [0.15, 0.2) is 42.7 Å². The van der Waals surface area contributed by atoms with Crippen LogP contribution >= 0.6 is 0 Å². The first-order valence-electron chi connectivity index (χ1n) is 11.3. The minimum atomic E-state index is 0.00613. The van der Waals surface area contributed by atoms with E-state index in [9.17, 15) is 5.11 Å². The summed E-state index contributed by atoms with van der Waals surface area (Å²) in [7, 11) is 0. The summed E-state index contributed by atoms with van der Waals surface area (Å²) in [4.78, 5) is 7.39. The van der Waals surface area contributed by atoms with Crippen LogP contribution in [0.1, 0.15) is 62.2 Å². The first kappa shape index (κ1) is 19.5. The number of hydrogen-bond donors (Lipinski definition) is 2. The maximum atomic E-state index is 9.63. The van der Waals surface area contributed by atoms with E-state index >= 15 is 0 Å². The summed E-state index contributed by atoms with van der Waals surface area (Å²) < 4.78 is 2.10. The van der Waals surface area contributed by atoms with E-state index in [0.29, 0.717) is 12.1 Å². The second-order valence-electron chi connectivity index (χ2n) is 10.2. The molecule has 1 aromatic carbocycles. The predicted molar refractivity (Wildman–Crippen MR) is 122 cm³/mol. The normalized spacial score (nSPS) is 20.7. The molecule has 1 saturated heterocycles. The lowest BCUT2D eigenvalue weighted by Crippen LogP contribution is -2.38. The van der Waals surface area contributed by atoms with Gasteiger partial charge in [-0.2, -0.15) is 10.2 Å². The highest BCUT2D eigenvalue weighted by Gasteiger charge is 2.41.